The number of piperidine rings is 2. The average Bonchev–Trinajstić information content (AvgIpc) is 3.07. The van der Waals surface area contributed by atoms with Crippen LogP contribution >= 0.6 is 0 Å². The molecule has 8 nitrogen and oxygen atoms in total. The molecule has 2 aromatic carbocycles. The summed E-state index contributed by atoms with van der Waals surface area (Å²) >= 11 is 0. The maximum absolute atomic E-state index is 15.2. The molecule has 2 N–H and O–H groups in total. The first-order chi connectivity index (χ1) is 21.5. The number of benzene rings is 2. The maximum atomic E-state index is 15.2. The minimum atomic E-state index is -0.510. The fourth-order valence-electron chi connectivity index (χ4n) is 6.03. The zero-order valence-electron chi connectivity index (χ0n) is 24.7. The molecule has 2 saturated heterocycles. The second-order valence-corrected chi connectivity index (χ2v) is 11.6. The van der Waals surface area contributed by atoms with Crippen molar-refractivity contribution in [3.8, 4) is 11.1 Å². The van der Waals surface area contributed by atoms with E-state index in [-0.39, 0.29) is 29.5 Å². The number of anilines is 1. The number of aromatic nitrogens is 2. The molecule has 0 atom stereocenters. The fourth-order valence-corrected chi connectivity index (χ4v) is 6.03. The summed E-state index contributed by atoms with van der Waals surface area (Å²) in [7, 11) is 0. The number of carbonyl (C=O) groups excluding carboxylic acids is 2. The molecule has 0 bridgehead atoms. The minimum Gasteiger partial charge on any atom is -0.356 e. The van der Waals surface area contributed by atoms with E-state index in [1.807, 2.05) is 36.5 Å². The van der Waals surface area contributed by atoms with Crippen molar-refractivity contribution >= 4 is 17.6 Å². The molecule has 2 fully saturated rings. The lowest BCUT2D eigenvalue weighted by molar-refractivity contribution is 0.0902. The van der Waals surface area contributed by atoms with Crippen LogP contribution < -0.4 is 15.5 Å². The van der Waals surface area contributed by atoms with E-state index in [1.54, 1.807) is 36.7 Å². The minimum absolute atomic E-state index is 0.00337. The van der Waals surface area contributed by atoms with Gasteiger partial charge in [0.15, 0.2) is 0 Å². The molecule has 44 heavy (non-hydrogen) atoms. The SMILES string of the molecule is O=C(NC1CCN(c2ccc(CN3CCC(NC(=O)c4cccc(-c5ccncc5)c4F)CC3)cn2)CC1)c1ccccc1. The van der Waals surface area contributed by atoms with Crippen LogP contribution in [0.25, 0.3) is 11.1 Å². The average molecular weight is 593 g/mol. The lowest BCUT2D eigenvalue weighted by Gasteiger charge is -2.34. The summed E-state index contributed by atoms with van der Waals surface area (Å²) in [5.74, 6) is 0.0601. The molecule has 226 valence electrons. The Labute approximate surface area is 257 Å². The van der Waals surface area contributed by atoms with Gasteiger partial charge >= 0.3 is 0 Å². The lowest BCUT2D eigenvalue weighted by Crippen LogP contribution is -2.45. The third-order valence-corrected chi connectivity index (χ3v) is 8.56. The van der Waals surface area contributed by atoms with E-state index in [0.29, 0.717) is 16.7 Å². The molecular formula is C35H37FN6O2. The van der Waals surface area contributed by atoms with Gasteiger partial charge in [-0.15, -0.1) is 0 Å². The Morgan fingerprint density at radius 1 is 0.773 bits per heavy atom. The molecule has 4 aromatic rings. The quantitative estimate of drug-likeness (QED) is 0.297. The monoisotopic (exact) mass is 592 g/mol. The Morgan fingerprint density at radius 2 is 1.45 bits per heavy atom. The second-order valence-electron chi connectivity index (χ2n) is 11.6. The molecule has 2 amide bonds. The van der Waals surface area contributed by atoms with E-state index >= 15 is 4.39 Å². The molecule has 2 aliphatic rings. The Kier molecular flexibility index (Phi) is 9.22. The molecule has 0 spiro atoms. The van der Waals surface area contributed by atoms with Gasteiger partial charge in [0.1, 0.15) is 11.6 Å². The van der Waals surface area contributed by atoms with Gasteiger partial charge in [0.2, 0.25) is 0 Å². The van der Waals surface area contributed by atoms with E-state index in [9.17, 15) is 9.59 Å². The van der Waals surface area contributed by atoms with Crippen molar-refractivity contribution in [2.24, 2.45) is 0 Å². The number of hydrogen-bond acceptors (Lipinski definition) is 6. The zero-order chi connectivity index (χ0) is 30.3. The van der Waals surface area contributed by atoms with Crippen molar-refractivity contribution in [2.75, 3.05) is 31.1 Å². The van der Waals surface area contributed by atoms with E-state index in [4.69, 9.17) is 4.98 Å². The second kappa shape index (κ2) is 13.8. The Bertz CT molecular complexity index is 1550. The van der Waals surface area contributed by atoms with Gasteiger partial charge in [-0.05, 0) is 73.2 Å². The Balaban J connectivity index is 0.946. The normalized spacial score (nSPS) is 16.4. The molecule has 0 unspecified atom stereocenters. The van der Waals surface area contributed by atoms with Crippen LogP contribution in [0.15, 0.2) is 91.4 Å². The first-order valence-corrected chi connectivity index (χ1v) is 15.3. The van der Waals surface area contributed by atoms with Crippen LogP contribution in [0.1, 0.15) is 52.0 Å². The number of halogens is 1. The summed E-state index contributed by atoms with van der Waals surface area (Å²) in [4.78, 5) is 38.8. The van der Waals surface area contributed by atoms with Gasteiger partial charge in [-0.2, -0.15) is 0 Å². The van der Waals surface area contributed by atoms with Crippen molar-refractivity contribution in [2.45, 2.75) is 44.3 Å². The topological polar surface area (TPSA) is 90.5 Å². The molecule has 0 aliphatic carbocycles. The summed E-state index contributed by atoms with van der Waals surface area (Å²) in [6, 6.07) is 22.1. The lowest BCUT2D eigenvalue weighted by atomic mass is 10.0. The van der Waals surface area contributed by atoms with E-state index in [1.165, 1.54) is 6.07 Å². The first kappa shape index (κ1) is 29.4. The number of rotatable bonds is 8. The van der Waals surface area contributed by atoms with Crippen LogP contribution in [0, 0.1) is 5.82 Å². The Hall–Kier alpha value is -4.63. The number of hydrogen-bond donors (Lipinski definition) is 2. The molecule has 0 saturated carbocycles. The van der Waals surface area contributed by atoms with Crippen molar-refractivity contribution < 1.29 is 14.0 Å². The summed E-state index contributed by atoms with van der Waals surface area (Å²) in [6.45, 7) is 4.18. The molecule has 6 rings (SSSR count). The van der Waals surface area contributed by atoms with Gasteiger partial charge in [0.05, 0.1) is 5.56 Å². The molecule has 9 heteroatoms. The van der Waals surface area contributed by atoms with Gasteiger partial charge in [0.25, 0.3) is 11.8 Å². The standard InChI is InChI=1S/C35H37FN6O2/c36-33-30(26-11-17-37-18-12-26)7-4-8-31(33)35(44)40-28-13-19-41(20-14-28)24-25-9-10-32(38-23-25)42-21-15-29(16-22-42)39-34(43)27-5-2-1-3-6-27/h1-12,17-18,23,28-29H,13-16,19-22,24H2,(H,39,43)(H,40,44). The Morgan fingerprint density at radius 3 is 2.14 bits per heavy atom. The maximum Gasteiger partial charge on any atom is 0.254 e. The number of carbonyl (C=O) groups is 2. The van der Waals surface area contributed by atoms with Gasteiger partial charge < -0.3 is 15.5 Å². The van der Waals surface area contributed by atoms with Crippen LogP contribution in [0.4, 0.5) is 10.2 Å². The fraction of sp³-hybridized carbons (Fsp3) is 0.314. The number of pyridine rings is 2. The summed E-state index contributed by atoms with van der Waals surface area (Å²) in [6.07, 6.45) is 8.55. The highest BCUT2D eigenvalue weighted by Crippen LogP contribution is 2.25. The van der Waals surface area contributed by atoms with Crippen LogP contribution in [0.3, 0.4) is 0 Å². The highest BCUT2D eigenvalue weighted by atomic mass is 19.1. The third kappa shape index (κ3) is 7.11. The summed E-state index contributed by atoms with van der Waals surface area (Å²) < 4.78 is 15.2. The third-order valence-electron chi connectivity index (χ3n) is 8.56. The van der Waals surface area contributed by atoms with Crippen LogP contribution in [0.2, 0.25) is 0 Å². The highest BCUT2D eigenvalue weighted by Gasteiger charge is 2.25. The summed E-state index contributed by atoms with van der Waals surface area (Å²) in [5, 5.41) is 6.21. The van der Waals surface area contributed by atoms with Crippen LogP contribution in [0.5, 0.6) is 0 Å². The first-order valence-electron chi connectivity index (χ1n) is 15.3. The van der Waals surface area contributed by atoms with E-state index < -0.39 is 5.82 Å². The summed E-state index contributed by atoms with van der Waals surface area (Å²) in [5.41, 5.74) is 2.99. The molecule has 2 aliphatic heterocycles. The van der Waals surface area contributed by atoms with Crippen molar-refractivity contribution in [3.05, 3.63) is 114 Å². The zero-order valence-corrected chi connectivity index (χ0v) is 24.7. The molecule has 4 heterocycles. The van der Waals surface area contributed by atoms with Crippen LogP contribution in [-0.4, -0.2) is 64.9 Å². The number of nitrogens with zero attached hydrogens (tertiary/aromatic N) is 4. The van der Waals surface area contributed by atoms with Crippen molar-refractivity contribution in [1.29, 1.82) is 0 Å². The number of likely N-dealkylation sites (tertiary alicyclic amines) is 1. The van der Waals surface area contributed by atoms with Gasteiger partial charge in [-0.3, -0.25) is 19.5 Å². The van der Waals surface area contributed by atoms with Crippen LogP contribution in [-0.2, 0) is 6.54 Å². The van der Waals surface area contributed by atoms with Gasteiger partial charge in [-0.25, -0.2) is 9.37 Å². The predicted molar refractivity (Wildman–Crippen MR) is 169 cm³/mol. The molecular weight excluding hydrogens is 555 g/mol. The highest BCUT2D eigenvalue weighted by molar-refractivity contribution is 5.96. The van der Waals surface area contributed by atoms with Gasteiger partial charge in [-0.1, -0.05) is 36.4 Å². The van der Waals surface area contributed by atoms with Crippen molar-refractivity contribution in [1.82, 2.24) is 25.5 Å². The van der Waals surface area contributed by atoms with Gasteiger partial charge in [0, 0.05) is 74.5 Å². The van der Waals surface area contributed by atoms with E-state index in [0.717, 1.165) is 69.8 Å². The molecule has 0 radical (unpaired) electrons. The largest absolute Gasteiger partial charge is 0.356 e. The molecule has 2 aromatic heterocycles. The number of nitrogens with one attached hydrogen (secondary N) is 2. The van der Waals surface area contributed by atoms with Crippen molar-refractivity contribution in [3.63, 3.8) is 0 Å². The van der Waals surface area contributed by atoms with E-state index in [2.05, 4.69) is 37.6 Å². The predicted octanol–water partition coefficient (Wildman–Crippen LogP) is 5.08. The smallest absolute Gasteiger partial charge is 0.254 e. The number of amides is 2.